The van der Waals surface area contributed by atoms with Crippen molar-refractivity contribution in [1.29, 1.82) is 0 Å². The van der Waals surface area contributed by atoms with E-state index in [4.69, 9.17) is 15.2 Å². The molecule has 2 aromatic heterocycles. The Hall–Kier alpha value is -2.83. The molecule has 2 aromatic rings. The van der Waals surface area contributed by atoms with Crippen LogP contribution in [0.5, 0.6) is 0 Å². The van der Waals surface area contributed by atoms with Crippen LogP contribution in [0.15, 0.2) is 11.1 Å². The Morgan fingerprint density at radius 3 is 2.53 bits per heavy atom. The number of nitrogen functional groups attached to an aromatic ring is 1. The number of imidazole rings is 1. The number of carbonyl (C=O) groups excluding carboxylic acids is 2. The number of aromatic nitrogens is 4. The van der Waals surface area contributed by atoms with Crippen LogP contribution in [-0.4, -0.2) is 66.1 Å². The zero-order valence-electron chi connectivity index (χ0n) is 17.1. The smallest absolute Gasteiger partial charge is 0.308 e. The van der Waals surface area contributed by atoms with E-state index >= 15 is 0 Å². The van der Waals surface area contributed by atoms with Crippen molar-refractivity contribution in [3.63, 3.8) is 0 Å². The highest BCUT2D eigenvalue weighted by molar-refractivity contribution is 5.85. The van der Waals surface area contributed by atoms with Crippen molar-refractivity contribution in [2.24, 2.45) is 11.8 Å². The molecule has 3 heterocycles. The zero-order chi connectivity index (χ0) is 22.3. The summed E-state index contributed by atoms with van der Waals surface area (Å²) in [6, 6.07) is 0. The molecule has 164 valence electrons. The Balaban J connectivity index is 2.10. The van der Waals surface area contributed by atoms with Crippen molar-refractivity contribution in [2.75, 3.05) is 12.3 Å². The summed E-state index contributed by atoms with van der Waals surface area (Å²) in [4.78, 5) is 45.4. The lowest BCUT2D eigenvalue weighted by Gasteiger charge is -2.22. The Bertz CT molecular complexity index is 1030. The molecule has 0 radical (unpaired) electrons. The monoisotopic (exact) mass is 423 g/mol. The van der Waals surface area contributed by atoms with Gasteiger partial charge in [0.25, 0.3) is 5.56 Å². The summed E-state index contributed by atoms with van der Waals surface area (Å²) in [5, 5.41) is 19.9. The van der Waals surface area contributed by atoms with Gasteiger partial charge in [0, 0.05) is 5.92 Å². The number of aliphatic hydroxyl groups is 2. The number of fused-ring (bicyclic) bond motifs is 1. The number of hydrogen-bond donors (Lipinski definition) is 3. The second-order valence-electron chi connectivity index (χ2n) is 7.72. The van der Waals surface area contributed by atoms with E-state index < -0.39 is 60.4 Å². The van der Waals surface area contributed by atoms with Gasteiger partial charge in [-0.25, -0.2) is 9.55 Å². The molecule has 1 aliphatic rings. The number of nitrogens with zero attached hydrogens (tertiary/aromatic N) is 4. The fourth-order valence-corrected chi connectivity index (χ4v) is 3.13. The Morgan fingerprint density at radius 1 is 1.30 bits per heavy atom. The number of ether oxygens (including phenoxy) is 2. The third kappa shape index (κ3) is 3.57. The number of rotatable bonds is 5. The predicted octanol–water partition coefficient (Wildman–Crippen LogP) is -0.710. The lowest BCUT2D eigenvalue weighted by molar-refractivity contribution is -0.162. The topological polar surface area (TPSA) is 172 Å². The van der Waals surface area contributed by atoms with Gasteiger partial charge in [0.05, 0.1) is 18.9 Å². The van der Waals surface area contributed by atoms with E-state index in [9.17, 15) is 24.6 Å². The summed E-state index contributed by atoms with van der Waals surface area (Å²) < 4.78 is 13.1. The summed E-state index contributed by atoms with van der Waals surface area (Å²) in [5.41, 5.74) is 4.97. The van der Waals surface area contributed by atoms with Crippen LogP contribution in [0.3, 0.4) is 0 Å². The van der Waals surface area contributed by atoms with Gasteiger partial charge in [-0.05, 0) is 0 Å². The van der Waals surface area contributed by atoms with Crippen LogP contribution in [0.4, 0.5) is 5.95 Å². The maximum atomic E-state index is 12.8. The molecule has 0 bridgehead atoms. The first-order valence-electron chi connectivity index (χ1n) is 9.52. The van der Waals surface area contributed by atoms with Crippen molar-refractivity contribution >= 4 is 29.0 Å². The molecule has 4 N–H and O–H groups in total. The van der Waals surface area contributed by atoms with Gasteiger partial charge in [0.15, 0.2) is 23.5 Å². The van der Waals surface area contributed by atoms with Crippen LogP contribution in [0.1, 0.15) is 38.7 Å². The van der Waals surface area contributed by atoms with Crippen LogP contribution in [0.2, 0.25) is 0 Å². The number of esters is 1. The molecule has 0 amide bonds. The molecule has 4 atom stereocenters. The van der Waals surface area contributed by atoms with Crippen LogP contribution < -0.4 is 11.3 Å². The van der Waals surface area contributed by atoms with E-state index in [-0.39, 0.29) is 17.1 Å². The summed E-state index contributed by atoms with van der Waals surface area (Å²) in [6.45, 7) is 5.98. The minimum Gasteiger partial charge on any atom is -0.454 e. The number of hydrogen-bond acceptors (Lipinski definition) is 10. The SMILES string of the molecule is CC(C)C(=O)O[C@H]1[C@H](O)[C@@H](CO)O[C@H]1n1cnc2c(=O)n(C(=O)C(C)C)c(N)nc21. The van der Waals surface area contributed by atoms with Gasteiger partial charge in [-0.1, -0.05) is 27.7 Å². The molecule has 1 saturated heterocycles. The number of aliphatic hydroxyl groups excluding tert-OH is 2. The quantitative estimate of drug-likeness (QED) is 0.522. The normalized spacial score (nSPS) is 24.1. The van der Waals surface area contributed by atoms with E-state index in [0.29, 0.717) is 0 Å². The van der Waals surface area contributed by atoms with Crippen molar-refractivity contribution in [2.45, 2.75) is 52.2 Å². The fraction of sp³-hybridized carbons (Fsp3) is 0.611. The van der Waals surface area contributed by atoms with Crippen molar-refractivity contribution in [3.8, 4) is 0 Å². The number of carbonyl (C=O) groups is 2. The van der Waals surface area contributed by atoms with Crippen LogP contribution in [0, 0.1) is 11.8 Å². The molecule has 12 nitrogen and oxygen atoms in total. The van der Waals surface area contributed by atoms with E-state index in [1.54, 1.807) is 27.7 Å². The minimum atomic E-state index is -1.32. The summed E-state index contributed by atoms with van der Waals surface area (Å²) in [5.74, 6) is -2.40. The highest BCUT2D eigenvalue weighted by atomic mass is 16.6. The first kappa shape index (κ1) is 21.9. The van der Waals surface area contributed by atoms with E-state index in [1.807, 2.05) is 0 Å². The molecule has 0 unspecified atom stereocenters. The highest BCUT2D eigenvalue weighted by Crippen LogP contribution is 2.33. The highest BCUT2D eigenvalue weighted by Gasteiger charge is 2.48. The molecule has 0 saturated carbocycles. The fourth-order valence-electron chi connectivity index (χ4n) is 3.13. The van der Waals surface area contributed by atoms with Gasteiger partial charge < -0.3 is 25.4 Å². The number of nitrogens with two attached hydrogens (primary N) is 1. The van der Waals surface area contributed by atoms with Gasteiger partial charge in [-0.15, -0.1) is 0 Å². The third-order valence-electron chi connectivity index (χ3n) is 4.83. The Labute approximate surface area is 171 Å². The first-order valence-corrected chi connectivity index (χ1v) is 9.52. The molecule has 12 heteroatoms. The molecular weight excluding hydrogens is 398 g/mol. The number of anilines is 1. The van der Waals surface area contributed by atoms with Crippen molar-refractivity contribution in [3.05, 3.63) is 16.7 Å². The van der Waals surface area contributed by atoms with E-state index in [2.05, 4.69) is 9.97 Å². The van der Waals surface area contributed by atoms with Crippen molar-refractivity contribution < 1.29 is 29.3 Å². The van der Waals surface area contributed by atoms with Gasteiger partial charge in [0.1, 0.15) is 12.2 Å². The largest absolute Gasteiger partial charge is 0.454 e. The average Bonchev–Trinajstić information content (AvgIpc) is 3.22. The standard InChI is InChI=1S/C18H25N5O7/c1-7(2)14(26)23-15(27)10-13(21-18(23)19)22(6-20-10)16-12(30-17(28)8(3)4)11(25)9(5-24)29-16/h6-9,11-12,16,24-25H,5H2,1-4H3,(H2,19,21)/t9-,11-,12+,16-/m1/s1. The van der Waals surface area contributed by atoms with Gasteiger partial charge in [-0.3, -0.25) is 19.0 Å². The van der Waals surface area contributed by atoms with Crippen LogP contribution in [-0.2, 0) is 14.3 Å². The third-order valence-corrected chi connectivity index (χ3v) is 4.83. The molecule has 30 heavy (non-hydrogen) atoms. The molecular formula is C18H25N5O7. The molecule has 0 spiro atoms. The zero-order valence-corrected chi connectivity index (χ0v) is 17.1. The van der Waals surface area contributed by atoms with Gasteiger partial charge in [0.2, 0.25) is 11.9 Å². The second kappa shape index (κ2) is 8.13. The molecule has 3 rings (SSSR count). The average molecular weight is 423 g/mol. The molecule has 1 aliphatic heterocycles. The van der Waals surface area contributed by atoms with Crippen molar-refractivity contribution in [1.82, 2.24) is 19.1 Å². The van der Waals surface area contributed by atoms with Crippen LogP contribution in [0.25, 0.3) is 11.2 Å². The maximum absolute atomic E-state index is 12.8. The summed E-state index contributed by atoms with van der Waals surface area (Å²) in [7, 11) is 0. The lowest BCUT2D eigenvalue weighted by atomic mass is 10.1. The van der Waals surface area contributed by atoms with Gasteiger partial charge in [-0.2, -0.15) is 4.98 Å². The second-order valence-corrected chi connectivity index (χ2v) is 7.72. The summed E-state index contributed by atoms with van der Waals surface area (Å²) >= 11 is 0. The molecule has 0 aromatic carbocycles. The maximum Gasteiger partial charge on any atom is 0.308 e. The summed E-state index contributed by atoms with van der Waals surface area (Å²) in [6.07, 6.45) is -3.43. The van der Waals surface area contributed by atoms with Crippen LogP contribution >= 0.6 is 0 Å². The Kier molecular flexibility index (Phi) is 5.92. The van der Waals surface area contributed by atoms with E-state index in [1.165, 1.54) is 10.9 Å². The molecule has 0 aliphatic carbocycles. The van der Waals surface area contributed by atoms with Gasteiger partial charge >= 0.3 is 5.97 Å². The van der Waals surface area contributed by atoms with E-state index in [0.717, 1.165) is 4.57 Å². The minimum absolute atomic E-state index is 0.00769. The Morgan fingerprint density at radius 2 is 1.97 bits per heavy atom. The predicted molar refractivity (Wildman–Crippen MR) is 103 cm³/mol. The lowest BCUT2D eigenvalue weighted by Crippen LogP contribution is -2.38. The molecule has 1 fully saturated rings. The first-order chi connectivity index (χ1) is 14.1.